The van der Waals surface area contributed by atoms with E-state index in [0.29, 0.717) is 11.7 Å². The molecule has 4 nitrogen and oxygen atoms in total. The van der Waals surface area contributed by atoms with Crippen LogP contribution in [0.15, 0.2) is 24.3 Å². The van der Waals surface area contributed by atoms with Gasteiger partial charge in [0.2, 0.25) is 5.91 Å². The lowest BCUT2D eigenvalue weighted by molar-refractivity contribution is -0.147. The number of hydrogen-bond donors (Lipinski definition) is 1. The first kappa shape index (κ1) is 13.2. The van der Waals surface area contributed by atoms with E-state index in [9.17, 15) is 14.7 Å². The highest BCUT2D eigenvalue weighted by molar-refractivity contribution is 8.00. The minimum absolute atomic E-state index is 0.0499. The number of carbonyl (C=O) groups excluding carboxylic acids is 1. The van der Waals surface area contributed by atoms with Gasteiger partial charge in [0.15, 0.2) is 0 Å². The standard InChI is InChI=1S/C13H17NO3S/c1-2-3-4-5-11(15)14-10(13(16)17)8-18-12(14)9-6-7-9/h2-5,9-10,12H,6-8H2,1H3,(H,16,17). The van der Waals surface area contributed by atoms with Crippen molar-refractivity contribution in [3.63, 3.8) is 0 Å². The van der Waals surface area contributed by atoms with Crippen LogP contribution in [0.1, 0.15) is 19.8 Å². The van der Waals surface area contributed by atoms with Gasteiger partial charge in [-0.05, 0) is 25.7 Å². The molecule has 0 aromatic rings. The fourth-order valence-electron chi connectivity index (χ4n) is 2.08. The molecule has 0 aromatic carbocycles. The largest absolute Gasteiger partial charge is 0.480 e. The Kier molecular flexibility index (Phi) is 4.11. The number of nitrogens with zero attached hydrogens (tertiary/aromatic N) is 1. The Balaban J connectivity index is 2.12. The number of carbonyl (C=O) groups is 2. The van der Waals surface area contributed by atoms with Gasteiger partial charge >= 0.3 is 5.97 Å². The van der Waals surface area contributed by atoms with Gasteiger partial charge in [0.1, 0.15) is 6.04 Å². The van der Waals surface area contributed by atoms with Gasteiger partial charge in [-0.3, -0.25) is 4.79 Å². The van der Waals surface area contributed by atoms with Crippen LogP contribution in [-0.2, 0) is 9.59 Å². The fourth-order valence-corrected chi connectivity index (χ4v) is 3.71. The maximum absolute atomic E-state index is 12.1. The number of thioether (sulfide) groups is 1. The number of aliphatic carboxylic acids is 1. The maximum Gasteiger partial charge on any atom is 0.327 e. The van der Waals surface area contributed by atoms with Crippen molar-refractivity contribution in [3.8, 4) is 0 Å². The van der Waals surface area contributed by atoms with E-state index >= 15 is 0 Å². The van der Waals surface area contributed by atoms with Crippen molar-refractivity contribution in [1.29, 1.82) is 0 Å². The third-order valence-corrected chi connectivity index (χ3v) is 4.60. The predicted octanol–water partition coefficient (Wildman–Crippen LogP) is 1.88. The van der Waals surface area contributed by atoms with E-state index in [1.54, 1.807) is 28.8 Å². The molecular formula is C13H17NO3S. The van der Waals surface area contributed by atoms with Crippen molar-refractivity contribution in [2.24, 2.45) is 5.92 Å². The molecule has 1 heterocycles. The molecule has 2 rings (SSSR count). The first-order valence-corrected chi connectivity index (χ1v) is 7.16. The molecule has 98 valence electrons. The summed E-state index contributed by atoms with van der Waals surface area (Å²) in [6.07, 6.45) is 8.92. The highest BCUT2D eigenvalue weighted by atomic mass is 32.2. The van der Waals surface area contributed by atoms with Gasteiger partial charge in [-0.2, -0.15) is 0 Å². The van der Waals surface area contributed by atoms with E-state index in [0.717, 1.165) is 12.8 Å². The second-order valence-electron chi connectivity index (χ2n) is 4.55. The van der Waals surface area contributed by atoms with Crippen LogP contribution in [0.2, 0.25) is 0 Å². The number of allylic oxidation sites excluding steroid dienone is 3. The number of amides is 1. The molecule has 1 amide bonds. The predicted molar refractivity (Wildman–Crippen MR) is 71.2 cm³/mol. The number of rotatable bonds is 4. The van der Waals surface area contributed by atoms with Crippen molar-refractivity contribution in [2.45, 2.75) is 31.2 Å². The van der Waals surface area contributed by atoms with Gasteiger partial charge in [0.05, 0.1) is 5.37 Å². The van der Waals surface area contributed by atoms with E-state index in [2.05, 4.69) is 0 Å². The summed E-state index contributed by atoms with van der Waals surface area (Å²) in [6.45, 7) is 1.87. The van der Waals surface area contributed by atoms with Crippen molar-refractivity contribution >= 4 is 23.6 Å². The van der Waals surface area contributed by atoms with Gasteiger partial charge in [0.25, 0.3) is 0 Å². The Hall–Kier alpha value is -1.23. The molecule has 2 fully saturated rings. The van der Waals surface area contributed by atoms with Crippen LogP contribution < -0.4 is 0 Å². The maximum atomic E-state index is 12.1. The van der Waals surface area contributed by atoms with E-state index in [1.165, 1.54) is 6.08 Å². The molecule has 0 spiro atoms. The molecule has 18 heavy (non-hydrogen) atoms. The molecule has 2 atom stereocenters. The van der Waals surface area contributed by atoms with Crippen molar-refractivity contribution in [1.82, 2.24) is 4.90 Å². The summed E-state index contributed by atoms with van der Waals surface area (Å²) in [5.74, 6) is -0.112. The summed E-state index contributed by atoms with van der Waals surface area (Å²) in [7, 11) is 0. The second-order valence-corrected chi connectivity index (χ2v) is 5.70. The SMILES string of the molecule is CC=CC=CC(=O)N1C(C(=O)O)CSC1C1CC1. The topological polar surface area (TPSA) is 57.6 Å². The van der Waals surface area contributed by atoms with Crippen molar-refractivity contribution in [2.75, 3.05) is 5.75 Å². The molecule has 1 aliphatic carbocycles. The highest BCUT2D eigenvalue weighted by Crippen LogP contribution is 2.45. The molecule has 0 aromatic heterocycles. The van der Waals surface area contributed by atoms with Crippen LogP contribution in [0.5, 0.6) is 0 Å². The summed E-state index contributed by atoms with van der Waals surface area (Å²) in [5.41, 5.74) is 0. The highest BCUT2D eigenvalue weighted by Gasteiger charge is 2.47. The van der Waals surface area contributed by atoms with Crippen molar-refractivity contribution in [3.05, 3.63) is 24.3 Å². The molecule has 1 aliphatic heterocycles. The van der Waals surface area contributed by atoms with E-state index in [-0.39, 0.29) is 11.3 Å². The number of carboxylic acid groups (broad SMARTS) is 1. The lowest BCUT2D eigenvalue weighted by Crippen LogP contribution is -2.45. The average Bonchev–Trinajstić information content (AvgIpc) is 3.07. The van der Waals surface area contributed by atoms with Gasteiger partial charge in [0, 0.05) is 11.8 Å². The van der Waals surface area contributed by atoms with Crippen LogP contribution in [0.4, 0.5) is 0 Å². The second kappa shape index (κ2) is 5.61. The summed E-state index contributed by atoms with van der Waals surface area (Å²) >= 11 is 1.60. The molecule has 1 N–H and O–H groups in total. The first-order valence-electron chi connectivity index (χ1n) is 6.11. The summed E-state index contributed by atoms with van der Waals surface area (Å²) < 4.78 is 0. The van der Waals surface area contributed by atoms with E-state index in [1.807, 2.05) is 13.0 Å². The third-order valence-electron chi connectivity index (χ3n) is 3.14. The van der Waals surface area contributed by atoms with Crippen LogP contribution >= 0.6 is 11.8 Å². The third kappa shape index (κ3) is 2.77. The van der Waals surface area contributed by atoms with Gasteiger partial charge in [-0.15, -0.1) is 11.8 Å². The Morgan fingerprint density at radius 2 is 2.06 bits per heavy atom. The monoisotopic (exact) mass is 267 g/mol. The van der Waals surface area contributed by atoms with Crippen molar-refractivity contribution < 1.29 is 14.7 Å². The zero-order chi connectivity index (χ0) is 13.1. The Bertz CT molecular complexity index is 401. The van der Waals surface area contributed by atoms with E-state index < -0.39 is 12.0 Å². The van der Waals surface area contributed by atoms with Crippen LogP contribution in [0.25, 0.3) is 0 Å². The molecule has 2 unspecified atom stereocenters. The Labute approximate surface area is 111 Å². The molecule has 2 aliphatic rings. The first-order chi connectivity index (χ1) is 8.65. The van der Waals surface area contributed by atoms with Gasteiger partial charge in [-0.1, -0.05) is 18.2 Å². The lowest BCUT2D eigenvalue weighted by Gasteiger charge is -2.26. The zero-order valence-electron chi connectivity index (χ0n) is 10.3. The van der Waals surface area contributed by atoms with Crippen LogP contribution in [0, 0.1) is 5.92 Å². The Morgan fingerprint density at radius 1 is 1.33 bits per heavy atom. The van der Waals surface area contributed by atoms with Crippen LogP contribution in [0.3, 0.4) is 0 Å². The minimum Gasteiger partial charge on any atom is -0.480 e. The summed E-state index contributed by atoms with van der Waals surface area (Å²) in [5, 5.41) is 9.23. The van der Waals surface area contributed by atoms with E-state index in [4.69, 9.17) is 0 Å². The molecule has 5 heteroatoms. The zero-order valence-corrected chi connectivity index (χ0v) is 11.1. The minimum atomic E-state index is -0.904. The van der Waals surface area contributed by atoms with Crippen LogP contribution in [-0.4, -0.2) is 39.1 Å². The Morgan fingerprint density at radius 3 is 2.61 bits per heavy atom. The quantitative estimate of drug-likeness (QED) is 0.624. The molecular weight excluding hydrogens is 250 g/mol. The smallest absolute Gasteiger partial charge is 0.327 e. The van der Waals surface area contributed by atoms with Gasteiger partial charge < -0.3 is 10.0 Å². The number of carboxylic acids is 1. The molecule has 1 saturated carbocycles. The number of hydrogen-bond acceptors (Lipinski definition) is 3. The summed E-state index contributed by atoms with van der Waals surface area (Å²) in [6, 6.07) is -0.677. The normalized spacial score (nSPS) is 28.4. The molecule has 0 bridgehead atoms. The fraction of sp³-hybridized carbons (Fsp3) is 0.538. The summed E-state index contributed by atoms with van der Waals surface area (Å²) in [4.78, 5) is 24.8. The lowest BCUT2D eigenvalue weighted by atomic mass is 10.2. The molecule has 1 saturated heterocycles. The average molecular weight is 267 g/mol. The molecule has 0 radical (unpaired) electrons. The van der Waals surface area contributed by atoms with Gasteiger partial charge in [-0.25, -0.2) is 4.79 Å².